The van der Waals surface area contributed by atoms with Crippen LogP contribution >= 0.6 is 0 Å². The van der Waals surface area contributed by atoms with E-state index in [9.17, 15) is 28.2 Å². The number of carbonyl (C=O) groups is 1. The van der Waals surface area contributed by atoms with E-state index in [1.807, 2.05) is 0 Å². The fourth-order valence-corrected chi connectivity index (χ4v) is 1.51. The van der Waals surface area contributed by atoms with Gasteiger partial charge in [0.2, 0.25) is 0 Å². The Morgan fingerprint density at radius 3 is 2.32 bits per heavy atom. The third kappa shape index (κ3) is 3.43. The minimum Gasteiger partial charge on any atom is -0.478 e. The van der Waals surface area contributed by atoms with Crippen LogP contribution in [0, 0.1) is 0 Å². The number of aliphatic hydroxyl groups is 2. The molecule has 1 aromatic carbocycles. The second kappa shape index (κ2) is 5.55. The van der Waals surface area contributed by atoms with Crippen molar-refractivity contribution in [3.63, 3.8) is 0 Å². The first-order chi connectivity index (χ1) is 8.68. The smallest absolute Gasteiger partial charge is 0.416 e. The Balaban J connectivity index is 3.35. The molecule has 0 amide bonds. The van der Waals surface area contributed by atoms with Gasteiger partial charge in [0.15, 0.2) is 0 Å². The number of rotatable bonds is 4. The van der Waals surface area contributed by atoms with Crippen molar-refractivity contribution < 1.29 is 33.3 Å². The molecule has 106 valence electrons. The highest BCUT2D eigenvalue weighted by molar-refractivity contribution is 5.89. The minimum atomic E-state index is -4.68. The van der Waals surface area contributed by atoms with Crippen LogP contribution in [0.15, 0.2) is 18.2 Å². The lowest BCUT2D eigenvalue weighted by atomic mass is 9.96. The molecule has 8 heteroatoms. The van der Waals surface area contributed by atoms with E-state index in [-0.39, 0.29) is 0 Å². The Hall–Kier alpha value is -1.64. The topological polar surface area (TPSA) is 104 Å². The van der Waals surface area contributed by atoms with E-state index in [1.54, 1.807) is 0 Å². The zero-order valence-electron chi connectivity index (χ0n) is 9.55. The molecule has 0 heterocycles. The Bertz CT molecular complexity index is 475. The summed E-state index contributed by atoms with van der Waals surface area (Å²) in [6.45, 7) is -0.420. The van der Waals surface area contributed by atoms with Crippen molar-refractivity contribution >= 4 is 5.97 Å². The maximum Gasteiger partial charge on any atom is 0.416 e. The van der Waals surface area contributed by atoms with Crippen LogP contribution in [0.4, 0.5) is 13.2 Å². The van der Waals surface area contributed by atoms with Crippen molar-refractivity contribution in [1.82, 2.24) is 0 Å². The minimum absolute atomic E-state index is 0.420. The number of aromatic carboxylic acids is 1. The molecule has 0 aliphatic rings. The third-order valence-corrected chi connectivity index (χ3v) is 2.53. The summed E-state index contributed by atoms with van der Waals surface area (Å²) >= 11 is 0. The first-order valence-corrected chi connectivity index (χ1v) is 5.19. The lowest BCUT2D eigenvalue weighted by Gasteiger charge is -2.19. The number of nitrogens with two attached hydrogens (primary N) is 1. The highest BCUT2D eigenvalue weighted by atomic mass is 19.4. The van der Waals surface area contributed by atoms with Crippen LogP contribution < -0.4 is 5.73 Å². The molecular formula is C11H12F3NO4. The Kier molecular flexibility index (Phi) is 4.51. The van der Waals surface area contributed by atoms with Crippen molar-refractivity contribution in [3.05, 3.63) is 34.9 Å². The molecule has 0 saturated heterocycles. The molecule has 0 aliphatic heterocycles. The molecule has 0 spiro atoms. The molecule has 2 atom stereocenters. The summed E-state index contributed by atoms with van der Waals surface area (Å²) < 4.78 is 37.6. The first kappa shape index (κ1) is 15.4. The maximum absolute atomic E-state index is 12.5. The van der Waals surface area contributed by atoms with Crippen LogP contribution in [0.3, 0.4) is 0 Å². The molecule has 0 radical (unpaired) electrons. The second-order valence-corrected chi connectivity index (χ2v) is 3.85. The molecule has 0 aromatic heterocycles. The number of aliphatic hydroxyl groups excluding tert-OH is 2. The normalized spacial score (nSPS) is 15.1. The second-order valence-electron chi connectivity index (χ2n) is 3.85. The average molecular weight is 279 g/mol. The summed E-state index contributed by atoms with van der Waals surface area (Å²) in [7, 11) is 0. The highest BCUT2D eigenvalue weighted by Crippen LogP contribution is 2.32. The van der Waals surface area contributed by atoms with Gasteiger partial charge in [-0.25, -0.2) is 4.79 Å². The van der Waals surface area contributed by atoms with Gasteiger partial charge in [0.1, 0.15) is 6.10 Å². The number of hydrogen-bond donors (Lipinski definition) is 4. The van der Waals surface area contributed by atoms with Gasteiger partial charge in [-0.05, 0) is 23.8 Å². The Labute approximate surface area is 106 Å². The van der Waals surface area contributed by atoms with Crippen molar-refractivity contribution in [2.24, 2.45) is 5.73 Å². The molecular weight excluding hydrogens is 267 g/mol. The molecule has 1 rings (SSSR count). The van der Waals surface area contributed by atoms with Gasteiger partial charge in [0.25, 0.3) is 0 Å². The van der Waals surface area contributed by atoms with Gasteiger partial charge < -0.3 is 21.1 Å². The number of hydrogen-bond acceptors (Lipinski definition) is 4. The van der Waals surface area contributed by atoms with E-state index in [0.29, 0.717) is 12.1 Å². The van der Waals surface area contributed by atoms with Crippen LogP contribution in [0.2, 0.25) is 0 Å². The van der Waals surface area contributed by atoms with Crippen LogP contribution in [-0.2, 0) is 6.18 Å². The number of carboxylic acid groups (broad SMARTS) is 1. The summed E-state index contributed by atoms with van der Waals surface area (Å²) in [5.74, 6) is -1.51. The van der Waals surface area contributed by atoms with Gasteiger partial charge in [-0.15, -0.1) is 0 Å². The van der Waals surface area contributed by atoms with Crippen molar-refractivity contribution in [1.29, 1.82) is 0 Å². The molecule has 5 N–H and O–H groups in total. The number of carboxylic acids is 1. The largest absolute Gasteiger partial charge is 0.478 e. The monoisotopic (exact) mass is 279 g/mol. The molecule has 0 fully saturated rings. The van der Waals surface area contributed by atoms with Crippen LogP contribution in [0.25, 0.3) is 0 Å². The lowest BCUT2D eigenvalue weighted by molar-refractivity contribution is -0.137. The average Bonchev–Trinajstić information content (AvgIpc) is 2.34. The maximum atomic E-state index is 12.5. The van der Waals surface area contributed by atoms with Crippen LogP contribution in [0.1, 0.15) is 27.6 Å². The first-order valence-electron chi connectivity index (χ1n) is 5.19. The summed E-state index contributed by atoms with van der Waals surface area (Å²) in [6.07, 6.45) is -8.04. The van der Waals surface area contributed by atoms with Gasteiger partial charge in [0.05, 0.1) is 17.2 Å². The standard InChI is InChI=1S/C11H12F3NO4/c12-11(13,14)5-1-2-6(10(18)19)7(3-5)9(17)8(16)4-15/h1-3,8-9,16-17H,4,15H2,(H,18,19). The van der Waals surface area contributed by atoms with E-state index in [4.69, 9.17) is 10.8 Å². The lowest BCUT2D eigenvalue weighted by Crippen LogP contribution is -2.28. The molecule has 5 nitrogen and oxygen atoms in total. The van der Waals surface area contributed by atoms with Crippen molar-refractivity contribution in [2.45, 2.75) is 18.4 Å². The molecule has 0 saturated carbocycles. The molecule has 0 bridgehead atoms. The number of benzene rings is 1. The van der Waals surface area contributed by atoms with E-state index in [1.165, 1.54) is 0 Å². The zero-order valence-corrected chi connectivity index (χ0v) is 9.55. The fraction of sp³-hybridized carbons (Fsp3) is 0.364. The van der Waals surface area contributed by atoms with Crippen LogP contribution in [-0.4, -0.2) is 33.9 Å². The van der Waals surface area contributed by atoms with E-state index < -0.39 is 47.6 Å². The number of alkyl halides is 3. The Morgan fingerprint density at radius 1 is 1.32 bits per heavy atom. The van der Waals surface area contributed by atoms with Gasteiger partial charge in [0, 0.05) is 6.54 Å². The molecule has 1 aromatic rings. The predicted molar refractivity (Wildman–Crippen MR) is 58.4 cm³/mol. The quantitative estimate of drug-likeness (QED) is 0.651. The fourth-order valence-electron chi connectivity index (χ4n) is 1.51. The number of halogens is 3. The zero-order chi connectivity index (χ0) is 14.8. The SMILES string of the molecule is NCC(O)C(O)c1cc(C(F)(F)F)ccc1C(=O)O. The molecule has 19 heavy (non-hydrogen) atoms. The van der Waals surface area contributed by atoms with Crippen molar-refractivity contribution in [2.75, 3.05) is 6.54 Å². The van der Waals surface area contributed by atoms with Gasteiger partial charge >= 0.3 is 12.1 Å². The van der Waals surface area contributed by atoms with Gasteiger partial charge in [-0.1, -0.05) is 0 Å². The summed E-state index contributed by atoms with van der Waals surface area (Å²) in [4.78, 5) is 10.9. The summed E-state index contributed by atoms with van der Waals surface area (Å²) in [5.41, 5.74) is 2.92. The molecule has 0 aliphatic carbocycles. The summed E-state index contributed by atoms with van der Waals surface area (Å²) in [5, 5.41) is 27.8. The van der Waals surface area contributed by atoms with Crippen LogP contribution in [0.5, 0.6) is 0 Å². The third-order valence-electron chi connectivity index (χ3n) is 2.53. The van der Waals surface area contributed by atoms with E-state index >= 15 is 0 Å². The van der Waals surface area contributed by atoms with E-state index in [0.717, 1.165) is 6.07 Å². The predicted octanol–water partition coefficient (Wildman–Crippen LogP) is 0.757. The van der Waals surface area contributed by atoms with Gasteiger partial charge in [-0.2, -0.15) is 13.2 Å². The Morgan fingerprint density at radius 2 is 1.89 bits per heavy atom. The van der Waals surface area contributed by atoms with Crippen molar-refractivity contribution in [3.8, 4) is 0 Å². The van der Waals surface area contributed by atoms with E-state index in [2.05, 4.69) is 0 Å². The van der Waals surface area contributed by atoms with Gasteiger partial charge in [-0.3, -0.25) is 0 Å². The highest BCUT2D eigenvalue weighted by Gasteiger charge is 2.33. The summed E-state index contributed by atoms with van der Waals surface area (Å²) in [6, 6.07) is 1.81. The molecule has 2 unspecified atom stereocenters.